The van der Waals surface area contributed by atoms with Crippen molar-refractivity contribution in [3.63, 3.8) is 0 Å². The molecule has 1 aliphatic rings. The maximum absolute atomic E-state index is 15.0. The predicted octanol–water partition coefficient (Wildman–Crippen LogP) is 9.68. The van der Waals surface area contributed by atoms with Gasteiger partial charge in [0.2, 0.25) is 5.82 Å². The van der Waals surface area contributed by atoms with E-state index in [4.69, 9.17) is 14.2 Å². The first-order chi connectivity index (χ1) is 19.5. The lowest BCUT2D eigenvalue weighted by molar-refractivity contribution is -0.0385. The Labute approximate surface area is 236 Å². The maximum atomic E-state index is 15.0. The Hall–Kier alpha value is -2.83. The summed E-state index contributed by atoms with van der Waals surface area (Å²) in [4.78, 5) is 0. The van der Waals surface area contributed by atoms with Gasteiger partial charge in [0, 0.05) is 24.2 Å². The van der Waals surface area contributed by atoms with Crippen LogP contribution in [0.4, 0.5) is 13.2 Å². The van der Waals surface area contributed by atoms with Crippen LogP contribution < -0.4 is 4.74 Å². The van der Waals surface area contributed by atoms with E-state index in [0.29, 0.717) is 42.4 Å². The molecule has 0 amide bonds. The number of benzene rings is 3. The van der Waals surface area contributed by atoms with Gasteiger partial charge < -0.3 is 14.2 Å². The molecular formula is C34H41F3O3. The number of rotatable bonds is 14. The minimum Gasteiger partial charge on any atom is -0.490 e. The zero-order chi connectivity index (χ0) is 28.3. The van der Waals surface area contributed by atoms with Crippen LogP contribution in [0.25, 0.3) is 22.3 Å². The molecule has 2 unspecified atom stereocenters. The number of methoxy groups -OCH3 is 1. The number of ether oxygens (including phenoxy) is 3. The van der Waals surface area contributed by atoms with Crippen LogP contribution in [0.15, 0.2) is 54.6 Å². The molecule has 1 heterocycles. The Kier molecular flexibility index (Phi) is 11.5. The SMILES string of the molecule is CCCCCCCCCOc1ccc(-c2ccc(-c3ccc(C4CCC(COC)CO4)c(F)c3)cc2)c(F)c1F. The van der Waals surface area contributed by atoms with Crippen LogP contribution in [0.1, 0.15) is 76.4 Å². The van der Waals surface area contributed by atoms with Crippen LogP contribution in [-0.4, -0.2) is 26.9 Å². The number of hydrogen-bond donors (Lipinski definition) is 0. The Morgan fingerprint density at radius 2 is 1.48 bits per heavy atom. The smallest absolute Gasteiger partial charge is 0.201 e. The average molecular weight is 555 g/mol. The highest BCUT2D eigenvalue weighted by Gasteiger charge is 2.25. The van der Waals surface area contributed by atoms with Crippen LogP contribution in [0.5, 0.6) is 5.75 Å². The molecule has 0 aliphatic carbocycles. The van der Waals surface area contributed by atoms with Gasteiger partial charge in [-0.3, -0.25) is 0 Å². The third kappa shape index (κ3) is 7.88. The minimum atomic E-state index is -0.972. The second kappa shape index (κ2) is 15.2. The molecule has 3 nitrogen and oxygen atoms in total. The van der Waals surface area contributed by atoms with Crippen molar-refractivity contribution in [2.24, 2.45) is 5.92 Å². The molecule has 3 aromatic rings. The lowest BCUT2D eigenvalue weighted by Gasteiger charge is -2.29. The van der Waals surface area contributed by atoms with Crippen LogP contribution in [-0.2, 0) is 9.47 Å². The van der Waals surface area contributed by atoms with E-state index in [1.54, 1.807) is 43.5 Å². The van der Waals surface area contributed by atoms with Gasteiger partial charge in [0.05, 0.1) is 25.9 Å². The van der Waals surface area contributed by atoms with Crippen LogP contribution in [0, 0.1) is 23.4 Å². The van der Waals surface area contributed by atoms with E-state index in [-0.39, 0.29) is 23.2 Å². The van der Waals surface area contributed by atoms with E-state index in [1.165, 1.54) is 37.8 Å². The van der Waals surface area contributed by atoms with Crippen molar-refractivity contribution < 1.29 is 27.4 Å². The monoisotopic (exact) mass is 554 g/mol. The summed E-state index contributed by atoms with van der Waals surface area (Å²) in [7, 11) is 1.68. The molecule has 0 spiro atoms. The van der Waals surface area contributed by atoms with Gasteiger partial charge in [0.1, 0.15) is 5.82 Å². The van der Waals surface area contributed by atoms with E-state index in [1.807, 2.05) is 6.07 Å². The summed E-state index contributed by atoms with van der Waals surface area (Å²) in [5, 5.41) is 0. The molecule has 0 radical (unpaired) electrons. The van der Waals surface area contributed by atoms with Crippen molar-refractivity contribution in [3.8, 4) is 28.0 Å². The fraction of sp³-hybridized carbons (Fsp3) is 0.471. The van der Waals surface area contributed by atoms with Gasteiger partial charge >= 0.3 is 0 Å². The van der Waals surface area contributed by atoms with Crippen molar-refractivity contribution in [3.05, 3.63) is 77.6 Å². The molecule has 0 aromatic heterocycles. The zero-order valence-electron chi connectivity index (χ0n) is 23.7. The quantitative estimate of drug-likeness (QED) is 0.186. The summed E-state index contributed by atoms with van der Waals surface area (Å²) in [6, 6.07) is 15.2. The first-order valence-electron chi connectivity index (χ1n) is 14.6. The summed E-state index contributed by atoms with van der Waals surface area (Å²) < 4.78 is 61.3. The van der Waals surface area contributed by atoms with Crippen molar-refractivity contribution in [1.29, 1.82) is 0 Å². The topological polar surface area (TPSA) is 27.7 Å². The molecule has 40 heavy (non-hydrogen) atoms. The molecule has 1 fully saturated rings. The zero-order valence-corrected chi connectivity index (χ0v) is 23.7. The third-order valence-electron chi connectivity index (χ3n) is 7.70. The van der Waals surface area contributed by atoms with Crippen molar-refractivity contribution >= 4 is 0 Å². The van der Waals surface area contributed by atoms with Gasteiger partial charge in [-0.05, 0) is 54.2 Å². The molecule has 3 aromatic carbocycles. The first-order valence-corrected chi connectivity index (χ1v) is 14.6. The van der Waals surface area contributed by atoms with Crippen LogP contribution in [0.2, 0.25) is 0 Å². The van der Waals surface area contributed by atoms with Gasteiger partial charge in [0.15, 0.2) is 11.6 Å². The molecule has 4 rings (SSSR count). The molecule has 0 bridgehead atoms. The van der Waals surface area contributed by atoms with E-state index >= 15 is 4.39 Å². The summed E-state index contributed by atoms with van der Waals surface area (Å²) in [5.74, 6) is -1.92. The summed E-state index contributed by atoms with van der Waals surface area (Å²) in [6.45, 7) is 3.77. The summed E-state index contributed by atoms with van der Waals surface area (Å²) in [6.07, 6.45) is 9.33. The van der Waals surface area contributed by atoms with Crippen molar-refractivity contribution in [1.82, 2.24) is 0 Å². The van der Waals surface area contributed by atoms with E-state index in [2.05, 4.69) is 6.92 Å². The molecule has 1 saturated heterocycles. The maximum Gasteiger partial charge on any atom is 0.201 e. The number of halogens is 3. The fourth-order valence-electron chi connectivity index (χ4n) is 5.34. The largest absolute Gasteiger partial charge is 0.490 e. The lowest BCUT2D eigenvalue weighted by Crippen LogP contribution is -2.24. The molecule has 0 N–H and O–H groups in total. The van der Waals surface area contributed by atoms with E-state index in [0.717, 1.165) is 37.7 Å². The third-order valence-corrected chi connectivity index (χ3v) is 7.70. The highest BCUT2D eigenvalue weighted by atomic mass is 19.2. The average Bonchev–Trinajstić information content (AvgIpc) is 2.97. The highest BCUT2D eigenvalue weighted by Crippen LogP contribution is 2.35. The van der Waals surface area contributed by atoms with Crippen molar-refractivity contribution in [2.45, 2.75) is 70.8 Å². The molecule has 1 aliphatic heterocycles. The minimum absolute atomic E-state index is 0.0596. The normalized spacial score (nSPS) is 17.2. The Bertz CT molecular complexity index is 1200. The number of unbranched alkanes of at least 4 members (excludes halogenated alkanes) is 6. The van der Waals surface area contributed by atoms with Crippen molar-refractivity contribution in [2.75, 3.05) is 26.9 Å². The molecule has 0 saturated carbocycles. The van der Waals surface area contributed by atoms with E-state index in [9.17, 15) is 8.78 Å². The molecule has 6 heteroatoms. The summed E-state index contributed by atoms with van der Waals surface area (Å²) >= 11 is 0. The van der Waals surface area contributed by atoms with Gasteiger partial charge in [-0.25, -0.2) is 8.78 Å². The second-order valence-electron chi connectivity index (χ2n) is 10.7. The standard InChI is InChI=1S/C34H41F3O3/c1-3-4-5-6-7-8-9-20-39-32-19-17-28(33(36)34(32)37)26-13-11-25(12-14-26)27-15-16-29(30(35)21-27)31-18-10-24(22-38-2)23-40-31/h11-17,19,21,24,31H,3-10,18,20,22-23H2,1-2H3. The van der Waals surface area contributed by atoms with Gasteiger partial charge in [-0.1, -0.05) is 81.8 Å². The van der Waals surface area contributed by atoms with Gasteiger partial charge in [-0.15, -0.1) is 0 Å². The van der Waals surface area contributed by atoms with Crippen LogP contribution >= 0.6 is 0 Å². The van der Waals surface area contributed by atoms with Gasteiger partial charge in [-0.2, -0.15) is 4.39 Å². The summed E-state index contributed by atoms with van der Waals surface area (Å²) in [5.41, 5.74) is 2.76. The molecule has 216 valence electrons. The predicted molar refractivity (Wildman–Crippen MR) is 154 cm³/mol. The first kappa shape index (κ1) is 30.1. The molecule has 2 atom stereocenters. The van der Waals surface area contributed by atoms with E-state index < -0.39 is 11.6 Å². The Balaban J connectivity index is 1.35. The highest BCUT2D eigenvalue weighted by molar-refractivity contribution is 5.71. The fourth-order valence-corrected chi connectivity index (χ4v) is 5.34. The van der Waals surface area contributed by atoms with Gasteiger partial charge in [0.25, 0.3) is 0 Å². The lowest BCUT2D eigenvalue weighted by atomic mass is 9.93. The Morgan fingerprint density at radius 1 is 0.775 bits per heavy atom. The second-order valence-corrected chi connectivity index (χ2v) is 10.7. The number of hydrogen-bond acceptors (Lipinski definition) is 3. The van der Waals surface area contributed by atoms with Crippen LogP contribution in [0.3, 0.4) is 0 Å². The molecular weight excluding hydrogens is 513 g/mol. The Morgan fingerprint density at radius 3 is 2.15 bits per heavy atom.